The fraction of sp³-hybridized carbons (Fsp3) is 0.400. The van der Waals surface area contributed by atoms with Crippen molar-refractivity contribution < 1.29 is 21.6 Å². The van der Waals surface area contributed by atoms with Gasteiger partial charge in [0.1, 0.15) is 0 Å². The number of nitrogens with one attached hydrogen (secondary N) is 1. The minimum absolute atomic E-state index is 0.122. The van der Waals surface area contributed by atoms with Gasteiger partial charge in [-0.2, -0.15) is 13.2 Å². The molecule has 0 bridgehead atoms. The molecule has 1 fully saturated rings. The first kappa shape index (κ1) is 19.3. The van der Waals surface area contributed by atoms with Crippen molar-refractivity contribution in [2.75, 3.05) is 25.0 Å². The maximum atomic E-state index is 13.0. The molecule has 150 valence electrons. The number of rotatable bonds is 2. The van der Waals surface area contributed by atoms with Gasteiger partial charge < -0.3 is 10.2 Å². The van der Waals surface area contributed by atoms with Crippen LogP contribution in [-0.4, -0.2) is 34.6 Å². The largest absolute Gasteiger partial charge is 0.416 e. The van der Waals surface area contributed by atoms with Gasteiger partial charge in [-0.25, -0.2) is 8.42 Å². The topological polar surface area (TPSA) is 49.4 Å². The van der Waals surface area contributed by atoms with Crippen LogP contribution in [-0.2, 0) is 16.0 Å². The van der Waals surface area contributed by atoms with Gasteiger partial charge in [0.15, 0.2) is 0 Å². The summed E-state index contributed by atoms with van der Waals surface area (Å²) < 4.78 is 64.3. The smallest absolute Gasteiger partial charge is 0.371 e. The van der Waals surface area contributed by atoms with Crippen LogP contribution in [0, 0.1) is 0 Å². The van der Waals surface area contributed by atoms with Crippen LogP contribution in [0.2, 0.25) is 0 Å². The maximum absolute atomic E-state index is 13.0. The molecular weight excluding hydrogens is 389 g/mol. The summed E-state index contributed by atoms with van der Waals surface area (Å²) in [6, 6.07) is 9.05. The molecule has 2 heterocycles. The summed E-state index contributed by atoms with van der Waals surface area (Å²) in [6.45, 7) is 1.81. The van der Waals surface area contributed by atoms with Crippen LogP contribution in [0.5, 0.6) is 0 Å². The van der Waals surface area contributed by atoms with E-state index in [1.54, 1.807) is 12.1 Å². The first-order valence-corrected chi connectivity index (χ1v) is 10.7. The Hall–Kier alpha value is -2.06. The van der Waals surface area contributed by atoms with Crippen LogP contribution in [0.15, 0.2) is 52.3 Å². The minimum Gasteiger partial charge on any atom is -0.371 e. The number of nitrogens with zero attached hydrogens (tertiary/aromatic N) is 1. The van der Waals surface area contributed by atoms with Crippen LogP contribution in [0.3, 0.4) is 0 Å². The van der Waals surface area contributed by atoms with E-state index in [4.69, 9.17) is 0 Å². The molecule has 1 saturated heterocycles. The van der Waals surface area contributed by atoms with Crippen LogP contribution in [0.1, 0.15) is 29.9 Å². The fourth-order valence-electron chi connectivity index (χ4n) is 4.31. The number of fused-ring (bicyclic) bond motifs is 3. The summed E-state index contributed by atoms with van der Waals surface area (Å²) in [6.07, 6.45) is -2.59. The summed E-state index contributed by atoms with van der Waals surface area (Å²) in [5.74, 6) is 0.248. The lowest BCUT2D eigenvalue weighted by Crippen LogP contribution is -2.30. The van der Waals surface area contributed by atoms with E-state index >= 15 is 0 Å². The standard InChI is InChI=1S/C20H21F3N2O2S/c1-25-18-7-6-15(12-17(18)16-8-10-24-11-9-19(16)25)28(26,27)14-4-2-13(3-5-14)20(21,22)23/h2-7,12,16,19,24H,8-11H2,1H3/t16-,19-/m0/s1. The summed E-state index contributed by atoms with van der Waals surface area (Å²) in [7, 11) is -1.86. The van der Waals surface area contributed by atoms with E-state index in [1.165, 1.54) is 0 Å². The zero-order valence-corrected chi connectivity index (χ0v) is 16.1. The van der Waals surface area contributed by atoms with Gasteiger partial charge in [-0.05, 0) is 74.0 Å². The molecular formula is C20H21F3N2O2S. The molecule has 0 aliphatic carbocycles. The first-order chi connectivity index (χ1) is 13.2. The predicted octanol–water partition coefficient (Wildman–Crippen LogP) is 3.82. The quantitative estimate of drug-likeness (QED) is 0.818. The highest BCUT2D eigenvalue weighted by Gasteiger charge is 2.38. The number of benzene rings is 2. The Bertz CT molecular complexity index is 988. The number of hydrogen-bond donors (Lipinski definition) is 1. The molecule has 0 aromatic heterocycles. The highest BCUT2D eigenvalue weighted by molar-refractivity contribution is 7.91. The SMILES string of the molecule is CN1c2ccc(S(=O)(=O)c3ccc(C(F)(F)F)cc3)cc2[C@@H]2CCNCC[C@@H]21. The molecule has 4 rings (SSSR count). The van der Waals surface area contributed by atoms with Crippen molar-refractivity contribution in [3.63, 3.8) is 0 Å². The van der Waals surface area contributed by atoms with E-state index < -0.39 is 21.6 Å². The van der Waals surface area contributed by atoms with Crippen molar-refractivity contribution >= 4 is 15.5 Å². The van der Waals surface area contributed by atoms with Gasteiger partial charge in [0.25, 0.3) is 0 Å². The van der Waals surface area contributed by atoms with Gasteiger partial charge in [-0.15, -0.1) is 0 Å². The number of halogens is 3. The van der Waals surface area contributed by atoms with Gasteiger partial charge in [-0.1, -0.05) is 0 Å². The molecule has 4 nitrogen and oxygen atoms in total. The van der Waals surface area contributed by atoms with E-state index in [-0.39, 0.29) is 15.7 Å². The van der Waals surface area contributed by atoms with Gasteiger partial charge >= 0.3 is 6.18 Å². The second-order valence-electron chi connectivity index (χ2n) is 7.36. The Morgan fingerprint density at radius 1 is 1.00 bits per heavy atom. The van der Waals surface area contributed by atoms with E-state index in [0.29, 0.717) is 6.04 Å². The molecule has 0 spiro atoms. The van der Waals surface area contributed by atoms with Crippen molar-refractivity contribution in [1.82, 2.24) is 5.32 Å². The normalized spacial score (nSPS) is 22.5. The van der Waals surface area contributed by atoms with Crippen LogP contribution < -0.4 is 10.2 Å². The molecule has 0 saturated carbocycles. The number of hydrogen-bond acceptors (Lipinski definition) is 4. The lowest BCUT2D eigenvalue weighted by molar-refractivity contribution is -0.137. The third kappa shape index (κ3) is 3.18. The molecule has 2 aliphatic rings. The number of sulfone groups is 1. The van der Waals surface area contributed by atoms with E-state index in [1.807, 2.05) is 13.1 Å². The monoisotopic (exact) mass is 410 g/mol. The maximum Gasteiger partial charge on any atom is 0.416 e. The highest BCUT2D eigenvalue weighted by Crippen LogP contribution is 2.45. The van der Waals surface area contributed by atoms with E-state index in [9.17, 15) is 21.6 Å². The number of likely N-dealkylation sites (N-methyl/N-ethyl adjacent to an activating group) is 1. The lowest BCUT2D eigenvalue weighted by atomic mass is 9.91. The van der Waals surface area contributed by atoms with Crippen molar-refractivity contribution in [3.05, 3.63) is 53.6 Å². The summed E-state index contributed by atoms with van der Waals surface area (Å²) in [4.78, 5) is 2.20. The summed E-state index contributed by atoms with van der Waals surface area (Å²) in [5.41, 5.74) is 1.17. The van der Waals surface area contributed by atoms with Gasteiger partial charge in [0.05, 0.1) is 15.4 Å². The Balaban J connectivity index is 1.71. The zero-order chi connectivity index (χ0) is 20.1. The van der Waals surface area contributed by atoms with Crippen molar-refractivity contribution in [2.45, 2.75) is 40.8 Å². The average Bonchev–Trinajstić information content (AvgIpc) is 2.82. The van der Waals surface area contributed by atoms with Crippen LogP contribution in [0.25, 0.3) is 0 Å². The Morgan fingerprint density at radius 2 is 1.64 bits per heavy atom. The summed E-state index contributed by atoms with van der Waals surface area (Å²) >= 11 is 0. The second kappa shape index (κ2) is 6.77. The van der Waals surface area contributed by atoms with Gasteiger partial charge in [0, 0.05) is 24.7 Å². The van der Waals surface area contributed by atoms with Crippen molar-refractivity contribution in [2.24, 2.45) is 0 Å². The third-order valence-electron chi connectivity index (χ3n) is 5.79. The average molecular weight is 410 g/mol. The number of alkyl halides is 3. The molecule has 8 heteroatoms. The van der Waals surface area contributed by atoms with Gasteiger partial charge in [-0.3, -0.25) is 0 Å². The molecule has 2 aromatic rings. The van der Waals surface area contributed by atoms with Crippen LogP contribution in [0.4, 0.5) is 18.9 Å². The lowest BCUT2D eigenvalue weighted by Gasteiger charge is -2.24. The van der Waals surface area contributed by atoms with E-state index in [0.717, 1.165) is 61.4 Å². The number of anilines is 1. The zero-order valence-electron chi connectivity index (χ0n) is 15.3. The minimum atomic E-state index is -4.50. The van der Waals surface area contributed by atoms with Crippen LogP contribution >= 0.6 is 0 Å². The van der Waals surface area contributed by atoms with Crippen molar-refractivity contribution in [3.8, 4) is 0 Å². The van der Waals surface area contributed by atoms with Crippen molar-refractivity contribution in [1.29, 1.82) is 0 Å². The molecule has 28 heavy (non-hydrogen) atoms. The third-order valence-corrected chi connectivity index (χ3v) is 7.56. The first-order valence-electron chi connectivity index (χ1n) is 9.19. The molecule has 0 unspecified atom stereocenters. The highest BCUT2D eigenvalue weighted by atomic mass is 32.2. The Morgan fingerprint density at radius 3 is 2.32 bits per heavy atom. The molecule has 1 N–H and O–H groups in total. The Labute approximate surface area is 162 Å². The van der Waals surface area contributed by atoms with E-state index in [2.05, 4.69) is 10.2 Å². The predicted molar refractivity (Wildman–Crippen MR) is 100 cm³/mol. The van der Waals surface area contributed by atoms with Gasteiger partial charge in [0.2, 0.25) is 9.84 Å². The Kier molecular flexibility index (Phi) is 4.66. The molecule has 2 aromatic carbocycles. The second-order valence-corrected chi connectivity index (χ2v) is 9.31. The molecule has 0 amide bonds. The molecule has 0 radical (unpaired) electrons. The summed E-state index contributed by atoms with van der Waals surface area (Å²) in [5, 5.41) is 3.38. The fourth-order valence-corrected chi connectivity index (χ4v) is 5.60. The molecule has 2 atom stereocenters. The molecule has 2 aliphatic heterocycles.